The fraction of sp³-hybridized carbons (Fsp3) is 0.296. The van der Waals surface area contributed by atoms with Gasteiger partial charge in [0.1, 0.15) is 28.9 Å². The van der Waals surface area contributed by atoms with E-state index < -0.39 is 0 Å². The number of rotatable bonds is 6. The summed E-state index contributed by atoms with van der Waals surface area (Å²) < 4.78 is 13.8. The van der Waals surface area contributed by atoms with Crippen LogP contribution in [0.25, 0.3) is 22.1 Å². The Bertz CT molecular complexity index is 1580. The van der Waals surface area contributed by atoms with Gasteiger partial charge in [-0.1, -0.05) is 0 Å². The summed E-state index contributed by atoms with van der Waals surface area (Å²) >= 11 is 0. The molecular formula is C27H28N8O2. The molecule has 0 aliphatic carbocycles. The summed E-state index contributed by atoms with van der Waals surface area (Å²) in [5.74, 6) is 2.77. The molecule has 1 saturated heterocycles. The third kappa shape index (κ3) is 4.63. The van der Waals surface area contributed by atoms with Crippen LogP contribution in [-0.2, 0) is 11.8 Å². The van der Waals surface area contributed by atoms with Crippen LogP contribution in [0.15, 0.2) is 55.2 Å². The van der Waals surface area contributed by atoms with E-state index in [4.69, 9.17) is 14.5 Å². The number of likely N-dealkylation sites (N-methyl/N-ethyl adjacent to an activating group) is 1. The van der Waals surface area contributed by atoms with Crippen LogP contribution in [0, 0.1) is 6.92 Å². The normalized spacial score (nSPS) is 15.7. The average molecular weight is 497 g/mol. The number of aryl methyl sites for hydroxylation is 2. The van der Waals surface area contributed by atoms with Crippen LogP contribution in [0.4, 0.5) is 17.5 Å². The molecule has 0 radical (unpaired) electrons. The van der Waals surface area contributed by atoms with E-state index in [1.54, 1.807) is 12.5 Å². The summed E-state index contributed by atoms with van der Waals surface area (Å²) in [6, 6.07) is 12.1. The Balaban J connectivity index is 1.24. The fourth-order valence-electron chi connectivity index (χ4n) is 4.58. The fourth-order valence-corrected chi connectivity index (χ4v) is 4.58. The number of hydrogen-bond acceptors (Lipinski definition) is 9. The van der Waals surface area contributed by atoms with E-state index in [1.807, 2.05) is 62.0 Å². The number of imidazole rings is 1. The van der Waals surface area contributed by atoms with Gasteiger partial charge in [-0.05, 0) is 55.7 Å². The van der Waals surface area contributed by atoms with Crippen molar-refractivity contribution in [2.24, 2.45) is 7.05 Å². The number of fused-ring (bicyclic) bond motifs is 2. The van der Waals surface area contributed by atoms with Gasteiger partial charge in [-0.25, -0.2) is 24.9 Å². The SMILES string of the molecule is Cc1cc(Nc2ncnc3cnc(N(C)[C@@H]4CCCOC4)nc23)ccc1Oc1ccc2c(c1)ncn2C. The maximum absolute atomic E-state index is 6.16. The average Bonchev–Trinajstić information content (AvgIpc) is 3.30. The standard InChI is InChI=1S/C27H28N8O2/c1-17-11-18(6-9-24(17)37-20-7-8-23-21(12-20)31-16-34(23)2)32-26-25-22(29-15-30-26)13-28-27(33-25)35(3)19-5-4-10-36-14-19/h6-9,11-13,15-16,19H,4-5,10,14H2,1-3H3,(H,29,30,32)/t19-/m1/s1. The van der Waals surface area contributed by atoms with Crippen molar-refractivity contribution in [3.63, 3.8) is 0 Å². The molecule has 1 aliphatic heterocycles. The number of nitrogens with zero attached hydrogens (tertiary/aromatic N) is 7. The van der Waals surface area contributed by atoms with Crippen molar-refractivity contribution < 1.29 is 9.47 Å². The van der Waals surface area contributed by atoms with Crippen LogP contribution in [-0.4, -0.2) is 55.8 Å². The van der Waals surface area contributed by atoms with Crippen LogP contribution < -0.4 is 15.0 Å². The van der Waals surface area contributed by atoms with Crippen LogP contribution >= 0.6 is 0 Å². The molecule has 1 N–H and O–H groups in total. The quantitative estimate of drug-likeness (QED) is 0.356. The van der Waals surface area contributed by atoms with Gasteiger partial charge in [-0.15, -0.1) is 0 Å². The molecule has 1 fully saturated rings. The lowest BCUT2D eigenvalue weighted by molar-refractivity contribution is 0.0803. The van der Waals surface area contributed by atoms with Gasteiger partial charge >= 0.3 is 0 Å². The lowest BCUT2D eigenvalue weighted by atomic mass is 10.1. The molecule has 0 spiro atoms. The van der Waals surface area contributed by atoms with Gasteiger partial charge in [-0.3, -0.25) is 0 Å². The Morgan fingerprint density at radius 1 is 1.08 bits per heavy atom. The van der Waals surface area contributed by atoms with E-state index in [0.29, 0.717) is 29.4 Å². The zero-order valence-corrected chi connectivity index (χ0v) is 21.0. The van der Waals surface area contributed by atoms with Crippen LogP contribution in [0.3, 0.4) is 0 Å². The Hall–Kier alpha value is -4.31. The molecule has 37 heavy (non-hydrogen) atoms. The minimum Gasteiger partial charge on any atom is -0.457 e. The molecule has 2 aromatic carbocycles. The molecule has 10 heteroatoms. The molecule has 6 rings (SSSR count). The van der Waals surface area contributed by atoms with Crippen LogP contribution in [0.5, 0.6) is 11.5 Å². The lowest BCUT2D eigenvalue weighted by Gasteiger charge is -2.31. The van der Waals surface area contributed by atoms with E-state index >= 15 is 0 Å². The molecule has 10 nitrogen and oxygen atoms in total. The predicted molar refractivity (Wildman–Crippen MR) is 143 cm³/mol. The minimum atomic E-state index is 0.251. The van der Waals surface area contributed by atoms with E-state index in [0.717, 1.165) is 53.2 Å². The van der Waals surface area contributed by atoms with E-state index in [1.165, 1.54) is 6.33 Å². The third-order valence-electron chi connectivity index (χ3n) is 6.73. The van der Waals surface area contributed by atoms with Crippen molar-refractivity contribution in [3.05, 3.63) is 60.8 Å². The highest BCUT2D eigenvalue weighted by atomic mass is 16.5. The van der Waals surface area contributed by atoms with Gasteiger partial charge in [-0.2, -0.15) is 0 Å². The highest BCUT2D eigenvalue weighted by Gasteiger charge is 2.21. The molecule has 188 valence electrons. The number of aromatic nitrogens is 6. The molecule has 0 amide bonds. The van der Waals surface area contributed by atoms with E-state index in [-0.39, 0.29) is 6.04 Å². The van der Waals surface area contributed by atoms with Crippen LogP contribution in [0.1, 0.15) is 18.4 Å². The second-order valence-corrected chi connectivity index (χ2v) is 9.32. The van der Waals surface area contributed by atoms with E-state index in [2.05, 4.69) is 30.2 Å². The van der Waals surface area contributed by atoms with Crippen molar-refractivity contribution in [3.8, 4) is 11.5 Å². The van der Waals surface area contributed by atoms with Crippen molar-refractivity contribution in [2.75, 3.05) is 30.5 Å². The number of hydrogen-bond donors (Lipinski definition) is 1. The topological polar surface area (TPSA) is 103 Å². The predicted octanol–water partition coefficient (Wildman–Crippen LogP) is 4.77. The van der Waals surface area contributed by atoms with Gasteiger partial charge in [0.15, 0.2) is 5.82 Å². The molecule has 4 heterocycles. The third-order valence-corrected chi connectivity index (χ3v) is 6.73. The van der Waals surface area contributed by atoms with Crippen LogP contribution in [0.2, 0.25) is 0 Å². The number of anilines is 3. The minimum absolute atomic E-state index is 0.251. The summed E-state index contributed by atoms with van der Waals surface area (Å²) in [5, 5.41) is 3.40. The van der Waals surface area contributed by atoms with Gasteiger partial charge in [0, 0.05) is 32.5 Å². The maximum atomic E-state index is 6.16. The monoisotopic (exact) mass is 496 g/mol. The molecule has 0 saturated carbocycles. The summed E-state index contributed by atoms with van der Waals surface area (Å²) in [7, 11) is 3.98. The Morgan fingerprint density at radius 2 is 2.00 bits per heavy atom. The summed E-state index contributed by atoms with van der Waals surface area (Å²) in [6.45, 7) is 3.50. The van der Waals surface area contributed by atoms with Gasteiger partial charge < -0.3 is 24.3 Å². The Kier molecular flexibility index (Phi) is 6.01. The Labute approximate surface area is 214 Å². The first-order chi connectivity index (χ1) is 18.0. The lowest BCUT2D eigenvalue weighted by Crippen LogP contribution is -2.39. The zero-order chi connectivity index (χ0) is 25.4. The second-order valence-electron chi connectivity index (χ2n) is 9.32. The Morgan fingerprint density at radius 3 is 2.84 bits per heavy atom. The highest BCUT2D eigenvalue weighted by molar-refractivity contribution is 5.87. The molecule has 1 aliphatic rings. The maximum Gasteiger partial charge on any atom is 0.226 e. The van der Waals surface area contributed by atoms with Crippen molar-refractivity contribution >= 4 is 39.5 Å². The first-order valence-electron chi connectivity index (χ1n) is 12.3. The number of nitrogens with one attached hydrogen (secondary N) is 1. The molecule has 0 bridgehead atoms. The highest BCUT2D eigenvalue weighted by Crippen LogP contribution is 2.31. The molecule has 0 unspecified atom stereocenters. The number of benzene rings is 2. The number of ether oxygens (including phenoxy) is 2. The smallest absolute Gasteiger partial charge is 0.226 e. The summed E-state index contributed by atoms with van der Waals surface area (Å²) in [6.07, 6.45) is 7.15. The van der Waals surface area contributed by atoms with E-state index in [9.17, 15) is 0 Å². The van der Waals surface area contributed by atoms with Gasteiger partial charge in [0.2, 0.25) is 5.95 Å². The van der Waals surface area contributed by atoms with Gasteiger partial charge in [0.05, 0.1) is 36.2 Å². The first-order valence-corrected chi connectivity index (χ1v) is 12.3. The van der Waals surface area contributed by atoms with Crippen molar-refractivity contribution in [1.29, 1.82) is 0 Å². The molecule has 5 aromatic rings. The second kappa shape index (κ2) is 9.62. The first kappa shape index (κ1) is 23.1. The van der Waals surface area contributed by atoms with Gasteiger partial charge in [0.25, 0.3) is 0 Å². The molecule has 1 atom stereocenters. The summed E-state index contributed by atoms with van der Waals surface area (Å²) in [4.78, 5) is 24.7. The van der Waals surface area contributed by atoms with Crippen molar-refractivity contribution in [2.45, 2.75) is 25.8 Å². The molecular weight excluding hydrogens is 468 g/mol. The molecule has 3 aromatic heterocycles. The largest absolute Gasteiger partial charge is 0.457 e. The summed E-state index contributed by atoms with van der Waals surface area (Å²) in [5.41, 5.74) is 5.16. The van der Waals surface area contributed by atoms with Crippen molar-refractivity contribution in [1.82, 2.24) is 29.5 Å². The zero-order valence-electron chi connectivity index (χ0n) is 21.0.